The maximum atomic E-state index is 8.58. The maximum Gasteiger partial charge on any atom is 0.104 e. The van der Waals surface area contributed by atoms with Crippen molar-refractivity contribution in [2.45, 2.75) is 32.6 Å². The smallest absolute Gasteiger partial charge is 0.104 e. The van der Waals surface area contributed by atoms with Gasteiger partial charge in [0.1, 0.15) is 6.61 Å². The molecule has 1 nitrogen and oxygen atoms in total. The Hall–Kier alpha value is -1.26. The summed E-state index contributed by atoms with van der Waals surface area (Å²) in [5.74, 6) is 5.53. The van der Waals surface area contributed by atoms with E-state index in [2.05, 4.69) is 44.7 Å². The van der Waals surface area contributed by atoms with Gasteiger partial charge in [0.2, 0.25) is 0 Å². The van der Waals surface area contributed by atoms with Crippen molar-refractivity contribution in [2.24, 2.45) is 0 Å². The first-order chi connectivity index (χ1) is 7.10. The van der Waals surface area contributed by atoms with Crippen molar-refractivity contribution < 1.29 is 5.11 Å². The van der Waals surface area contributed by atoms with Gasteiger partial charge in [-0.25, -0.2) is 0 Å². The van der Waals surface area contributed by atoms with E-state index < -0.39 is 0 Å². The molecule has 1 rings (SSSR count). The molecule has 1 aromatic rings. The van der Waals surface area contributed by atoms with Gasteiger partial charge in [0.25, 0.3) is 0 Å². The average Bonchev–Trinajstić information content (AvgIpc) is 2.27. The molecule has 0 bridgehead atoms. The third kappa shape index (κ3) is 3.11. The molecule has 0 saturated carbocycles. The van der Waals surface area contributed by atoms with Gasteiger partial charge in [0.15, 0.2) is 0 Å². The molecule has 1 heteroatoms. The topological polar surface area (TPSA) is 20.2 Å². The van der Waals surface area contributed by atoms with Crippen LogP contribution in [0.2, 0.25) is 0 Å². The summed E-state index contributed by atoms with van der Waals surface area (Å²) in [7, 11) is 0. The third-order valence-corrected chi connectivity index (χ3v) is 2.86. The Kier molecular flexibility index (Phi) is 3.94. The van der Waals surface area contributed by atoms with Crippen LogP contribution in [0.15, 0.2) is 24.3 Å². The van der Waals surface area contributed by atoms with Crippen LogP contribution < -0.4 is 0 Å². The summed E-state index contributed by atoms with van der Waals surface area (Å²) in [6.45, 7) is 6.59. The van der Waals surface area contributed by atoms with Gasteiger partial charge in [-0.2, -0.15) is 0 Å². The lowest BCUT2D eigenvalue weighted by molar-refractivity contribution is 0.350. The lowest BCUT2D eigenvalue weighted by atomic mass is 9.82. The van der Waals surface area contributed by atoms with Crippen molar-refractivity contribution >= 4 is 0 Å². The summed E-state index contributed by atoms with van der Waals surface area (Å²) in [6.07, 6.45) is 1.12. The van der Waals surface area contributed by atoms with Crippen LogP contribution in [-0.2, 0) is 5.41 Å². The van der Waals surface area contributed by atoms with E-state index in [1.807, 2.05) is 12.1 Å². The second kappa shape index (κ2) is 5.00. The summed E-state index contributed by atoms with van der Waals surface area (Å²) in [6, 6.07) is 8.25. The Bertz CT molecular complexity index is 363. The molecule has 0 saturated heterocycles. The summed E-state index contributed by atoms with van der Waals surface area (Å²) in [4.78, 5) is 0. The number of aliphatic hydroxyl groups is 1. The van der Waals surface area contributed by atoms with Crippen LogP contribution in [-0.4, -0.2) is 11.7 Å². The molecule has 1 aromatic carbocycles. The zero-order valence-electron chi connectivity index (χ0n) is 9.67. The molecule has 15 heavy (non-hydrogen) atoms. The second-order valence-electron chi connectivity index (χ2n) is 4.27. The Morgan fingerprint density at radius 3 is 2.27 bits per heavy atom. The molecule has 0 unspecified atom stereocenters. The van der Waals surface area contributed by atoms with E-state index in [0.29, 0.717) is 0 Å². The molecule has 0 atom stereocenters. The summed E-state index contributed by atoms with van der Waals surface area (Å²) >= 11 is 0. The molecule has 0 aromatic heterocycles. The molecule has 1 N–H and O–H groups in total. The molecular formula is C14H18O. The highest BCUT2D eigenvalue weighted by molar-refractivity contribution is 5.38. The minimum Gasteiger partial charge on any atom is -0.384 e. The SMILES string of the molecule is CCC(C)(C)c1ccc(C#CCO)cc1. The normalized spacial score (nSPS) is 10.7. The van der Waals surface area contributed by atoms with Gasteiger partial charge < -0.3 is 5.11 Å². The van der Waals surface area contributed by atoms with Crippen LogP contribution >= 0.6 is 0 Å². The van der Waals surface area contributed by atoms with Crippen molar-refractivity contribution in [3.05, 3.63) is 35.4 Å². The quantitative estimate of drug-likeness (QED) is 0.731. The first-order valence-electron chi connectivity index (χ1n) is 5.30. The van der Waals surface area contributed by atoms with E-state index >= 15 is 0 Å². The van der Waals surface area contributed by atoms with Gasteiger partial charge in [0, 0.05) is 5.56 Å². The second-order valence-corrected chi connectivity index (χ2v) is 4.27. The molecule has 0 aliphatic heterocycles. The zero-order chi connectivity index (χ0) is 11.3. The van der Waals surface area contributed by atoms with Crippen molar-refractivity contribution in [3.63, 3.8) is 0 Å². The lowest BCUT2D eigenvalue weighted by Crippen LogP contribution is -2.14. The van der Waals surface area contributed by atoms with Crippen molar-refractivity contribution in [3.8, 4) is 11.8 Å². The fourth-order valence-electron chi connectivity index (χ4n) is 1.35. The van der Waals surface area contributed by atoms with Crippen molar-refractivity contribution in [1.29, 1.82) is 0 Å². The maximum absolute atomic E-state index is 8.58. The van der Waals surface area contributed by atoms with Crippen LogP contribution in [0, 0.1) is 11.8 Å². The summed E-state index contributed by atoms with van der Waals surface area (Å²) in [5.41, 5.74) is 2.52. The van der Waals surface area contributed by atoms with Crippen LogP contribution in [0.25, 0.3) is 0 Å². The molecule has 0 aliphatic rings. The monoisotopic (exact) mass is 202 g/mol. The molecular weight excluding hydrogens is 184 g/mol. The molecule has 0 fully saturated rings. The minimum absolute atomic E-state index is 0.0811. The van der Waals surface area contributed by atoms with Gasteiger partial charge in [-0.05, 0) is 29.5 Å². The molecule has 80 valence electrons. The fraction of sp³-hybridized carbons (Fsp3) is 0.429. The molecule has 0 radical (unpaired) electrons. The largest absolute Gasteiger partial charge is 0.384 e. The predicted molar refractivity (Wildman–Crippen MR) is 63.7 cm³/mol. The molecule has 0 aliphatic carbocycles. The van der Waals surface area contributed by atoms with Crippen LogP contribution in [0.1, 0.15) is 38.3 Å². The first-order valence-corrected chi connectivity index (χ1v) is 5.30. The number of benzene rings is 1. The van der Waals surface area contributed by atoms with Crippen molar-refractivity contribution in [2.75, 3.05) is 6.61 Å². The number of rotatable bonds is 2. The zero-order valence-corrected chi connectivity index (χ0v) is 9.67. The highest BCUT2D eigenvalue weighted by Crippen LogP contribution is 2.26. The fourth-order valence-corrected chi connectivity index (χ4v) is 1.35. The Labute approximate surface area is 92.1 Å². The Morgan fingerprint density at radius 2 is 1.80 bits per heavy atom. The van der Waals surface area contributed by atoms with E-state index in [0.717, 1.165) is 12.0 Å². The van der Waals surface area contributed by atoms with Crippen LogP contribution in [0.3, 0.4) is 0 Å². The molecule has 0 heterocycles. The van der Waals surface area contributed by atoms with E-state index in [1.54, 1.807) is 0 Å². The highest BCUT2D eigenvalue weighted by atomic mass is 16.2. The van der Waals surface area contributed by atoms with E-state index in [-0.39, 0.29) is 12.0 Å². The van der Waals surface area contributed by atoms with Crippen molar-refractivity contribution in [1.82, 2.24) is 0 Å². The number of hydrogen-bond donors (Lipinski definition) is 1. The molecule has 0 amide bonds. The predicted octanol–water partition coefficient (Wildman–Crippen LogP) is 2.72. The highest BCUT2D eigenvalue weighted by Gasteiger charge is 2.16. The Morgan fingerprint density at radius 1 is 1.20 bits per heavy atom. The molecule has 0 spiro atoms. The van der Waals surface area contributed by atoms with E-state index in [9.17, 15) is 0 Å². The number of aliphatic hydroxyl groups excluding tert-OH is 1. The van der Waals surface area contributed by atoms with Gasteiger partial charge in [-0.15, -0.1) is 0 Å². The van der Waals surface area contributed by atoms with Crippen LogP contribution in [0.4, 0.5) is 0 Å². The van der Waals surface area contributed by atoms with Gasteiger partial charge in [-0.3, -0.25) is 0 Å². The standard InChI is InChI=1S/C14H18O/c1-4-14(2,3)13-9-7-12(8-10-13)6-5-11-15/h7-10,15H,4,11H2,1-3H3. The number of hydrogen-bond acceptors (Lipinski definition) is 1. The average molecular weight is 202 g/mol. The van der Waals surface area contributed by atoms with Gasteiger partial charge >= 0.3 is 0 Å². The third-order valence-electron chi connectivity index (χ3n) is 2.86. The van der Waals surface area contributed by atoms with Crippen LogP contribution in [0.5, 0.6) is 0 Å². The summed E-state index contributed by atoms with van der Waals surface area (Å²) in [5, 5.41) is 8.58. The Balaban J connectivity index is 2.90. The lowest BCUT2D eigenvalue weighted by Gasteiger charge is -2.23. The van der Waals surface area contributed by atoms with E-state index in [1.165, 1.54) is 5.56 Å². The van der Waals surface area contributed by atoms with Gasteiger partial charge in [0.05, 0.1) is 0 Å². The van der Waals surface area contributed by atoms with E-state index in [4.69, 9.17) is 5.11 Å². The summed E-state index contributed by atoms with van der Waals surface area (Å²) < 4.78 is 0. The minimum atomic E-state index is -0.0811. The first kappa shape index (κ1) is 11.8. The van der Waals surface area contributed by atoms with Gasteiger partial charge in [-0.1, -0.05) is 44.7 Å².